The lowest BCUT2D eigenvalue weighted by Gasteiger charge is -2.23. The number of nitrogens with zero attached hydrogens (tertiary/aromatic N) is 3. The van der Waals surface area contributed by atoms with Gasteiger partial charge in [-0.2, -0.15) is 5.10 Å². The van der Waals surface area contributed by atoms with Crippen LogP contribution >= 0.6 is 0 Å². The highest BCUT2D eigenvalue weighted by molar-refractivity contribution is 6.06. The summed E-state index contributed by atoms with van der Waals surface area (Å²) in [6, 6.07) is 9.03. The molecule has 1 aromatic heterocycles. The van der Waals surface area contributed by atoms with E-state index in [1.807, 2.05) is 39.1 Å². The highest BCUT2D eigenvalue weighted by atomic mass is 16.5. The van der Waals surface area contributed by atoms with Crippen LogP contribution in [0.2, 0.25) is 0 Å². The van der Waals surface area contributed by atoms with Crippen LogP contribution in [-0.4, -0.2) is 27.9 Å². The van der Waals surface area contributed by atoms with E-state index in [4.69, 9.17) is 16.3 Å². The molecule has 0 unspecified atom stereocenters. The first-order valence-electron chi connectivity index (χ1n) is 11.6. The number of methoxy groups -OCH3 is 1. The van der Waals surface area contributed by atoms with Gasteiger partial charge in [-0.3, -0.25) is 14.5 Å². The van der Waals surface area contributed by atoms with Gasteiger partial charge < -0.3 is 20.9 Å². The minimum absolute atomic E-state index is 0.189. The summed E-state index contributed by atoms with van der Waals surface area (Å²) >= 11 is 0. The number of nitrogens with one attached hydrogen (secondary N) is 1. The van der Waals surface area contributed by atoms with Gasteiger partial charge in [0.05, 0.1) is 37.0 Å². The summed E-state index contributed by atoms with van der Waals surface area (Å²) in [6.45, 7) is 9.81. The molecule has 36 heavy (non-hydrogen) atoms. The van der Waals surface area contributed by atoms with E-state index in [9.17, 15) is 9.90 Å². The first-order chi connectivity index (χ1) is 16.9. The molecule has 6 N–H and O–H groups in total. The smallest absolute Gasteiger partial charge is 0.255 e. The van der Waals surface area contributed by atoms with Gasteiger partial charge in [-0.1, -0.05) is 26.8 Å². The molecule has 9 heteroatoms. The molecule has 1 heterocycles. The number of benzene rings is 2. The van der Waals surface area contributed by atoms with Crippen LogP contribution in [0.1, 0.15) is 59.1 Å². The maximum atomic E-state index is 13.3. The Morgan fingerprint density at radius 2 is 1.94 bits per heavy atom. The molecule has 0 spiro atoms. The van der Waals surface area contributed by atoms with E-state index in [1.54, 1.807) is 29.2 Å². The van der Waals surface area contributed by atoms with E-state index in [1.165, 1.54) is 12.1 Å². The zero-order chi connectivity index (χ0) is 26.8. The Kier molecular flexibility index (Phi) is 7.76. The number of hydrogen-bond donors (Lipinski definition) is 4. The lowest BCUT2D eigenvalue weighted by molar-refractivity contribution is 0.102. The number of aromatic nitrogens is 2. The summed E-state index contributed by atoms with van der Waals surface area (Å²) in [4.78, 5) is 13.3. The minimum atomic E-state index is -0.335. The molecule has 1 amide bonds. The van der Waals surface area contributed by atoms with Gasteiger partial charge in [-0.15, -0.1) is 0 Å². The fourth-order valence-electron chi connectivity index (χ4n) is 3.87. The summed E-state index contributed by atoms with van der Waals surface area (Å²) in [6.07, 6.45) is 3.29. The van der Waals surface area contributed by atoms with Crippen LogP contribution in [0.15, 0.2) is 42.7 Å². The lowest BCUT2D eigenvalue weighted by Crippen LogP contribution is -2.27. The highest BCUT2D eigenvalue weighted by Gasteiger charge is 2.21. The standard InChI is InChI=1S/C27H36N6O3/c1-16-8-9-18(11-24(16)33(29)14-22(28)21-13-30-32(6)17(21)2)26(35)31-23-12-20(27(3,4)5)10-19(15-34)25(23)36-7/h8-14,34H,15,28-29H2,1-7H3,(H,31,35)/b22-14-. The van der Waals surface area contributed by atoms with Crippen LogP contribution < -0.4 is 26.6 Å². The fraction of sp³-hybridized carbons (Fsp3) is 0.333. The van der Waals surface area contributed by atoms with Crippen molar-refractivity contribution in [2.24, 2.45) is 18.6 Å². The predicted molar refractivity (Wildman–Crippen MR) is 144 cm³/mol. The van der Waals surface area contributed by atoms with Crippen molar-refractivity contribution in [1.82, 2.24) is 9.78 Å². The Balaban J connectivity index is 1.94. The maximum absolute atomic E-state index is 13.3. The second-order valence-corrected chi connectivity index (χ2v) is 9.84. The van der Waals surface area contributed by atoms with E-state index in [2.05, 4.69) is 31.2 Å². The molecule has 9 nitrogen and oxygen atoms in total. The average molecular weight is 493 g/mol. The summed E-state index contributed by atoms with van der Waals surface area (Å²) < 4.78 is 7.25. The predicted octanol–water partition coefficient (Wildman–Crippen LogP) is 3.73. The van der Waals surface area contributed by atoms with Crippen molar-refractivity contribution < 1.29 is 14.6 Å². The van der Waals surface area contributed by atoms with Crippen LogP contribution in [0.3, 0.4) is 0 Å². The SMILES string of the molecule is COc1c(CO)cc(C(C)(C)C)cc1NC(=O)c1ccc(C)c(N(N)/C=C(\N)c2cnn(C)c2C)c1. The Morgan fingerprint density at radius 1 is 1.25 bits per heavy atom. The molecule has 192 valence electrons. The number of aliphatic hydroxyl groups excluding tert-OH is 1. The van der Waals surface area contributed by atoms with Gasteiger partial charge in [0.1, 0.15) is 5.75 Å². The second-order valence-electron chi connectivity index (χ2n) is 9.84. The van der Waals surface area contributed by atoms with Crippen molar-refractivity contribution in [2.75, 3.05) is 17.4 Å². The van der Waals surface area contributed by atoms with Crippen molar-refractivity contribution in [3.63, 3.8) is 0 Å². The molecule has 0 atom stereocenters. The van der Waals surface area contributed by atoms with Gasteiger partial charge >= 0.3 is 0 Å². The summed E-state index contributed by atoms with van der Waals surface area (Å²) in [5.41, 5.74) is 12.2. The van der Waals surface area contributed by atoms with Crippen molar-refractivity contribution in [3.05, 3.63) is 76.2 Å². The summed E-state index contributed by atoms with van der Waals surface area (Å²) in [5, 5.41) is 18.4. The van der Waals surface area contributed by atoms with Crippen molar-refractivity contribution in [1.29, 1.82) is 0 Å². The van der Waals surface area contributed by atoms with E-state index in [0.717, 1.165) is 22.4 Å². The van der Waals surface area contributed by atoms with Gasteiger partial charge in [-0.05, 0) is 54.7 Å². The number of aliphatic hydroxyl groups is 1. The number of anilines is 2. The van der Waals surface area contributed by atoms with Crippen molar-refractivity contribution in [3.8, 4) is 5.75 Å². The van der Waals surface area contributed by atoms with E-state index in [0.29, 0.717) is 33.9 Å². The minimum Gasteiger partial charge on any atom is -0.494 e. The first kappa shape index (κ1) is 26.8. The van der Waals surface area contributed by atoms with Crippen LogP contribution in [-0.2, 0) is 19.1 Å². The Labute approximate surface area is 212 Å². The van der Waals surface area contributed by atoms with Gasteiger partial charge in [0, 0.05) is 35.6 Å². The van der Waals surface area contributed by atoms with Gasteiger partial charge in [0.2, 0.25) is 0 Å². The Bertz CT molecular complexity index is 1300. The fourth-order valence-corrected chi connectivity index (χ4v) is 3.87. The van der Waals surface area contributed by atoms with Crippen LogP contribution in [0, 0.1) is 13.8 Å². The Morgan fingerprint density at radius 3 is 2.50 bits per heavy atom. The molecule has 0 aliphatic rings. The third kappa shape index (κ3) is 5.53. The Hall–Kier alpha value is -3.82. The van der Waals surface area contributed by atoms with E-state index in [-0.39, 0.29) is 17.9 Å². The molecule has 0 aliphatic carbocycles. The molecule has 0 bridgehead atoms. The number of rotatable bonds is 7. The molecule has 0 fully saturated rings. The quantitative estimate of drug-likeness (QED) is 0.292. The molecular weight excluding hydrogens is 456 g/mol. The molecular formula is C27H36N6O3. The zero-order valence-electron chi connectivity index (χ0n) is 22.0. The monoisotopic (exact) mass is 492 g/mol. The normalized spacial score (nSPS) is 12.0. The maximum Gasteiger partial charge on any atom is 0.255 e. The third-order valence-corrected chi connectivity index (χ3v) is 6.23. The molecule has 0 aliphatic heterocycles. The molecule has 3 aromatic rings. The van der Waals surface area contributed by atoms with Crippen molar-refractivity contribution in [2.45, 2.75) is 46.6 Å². The molecule has 0 saturated carbocycles. The highest BCUT2D eigenvalue weighted by Crippen LogP contribution is 2.36. The van der Waals surface area contributed by atoms with Gasteiger partial charge in [0.25, 0.3) is 5.91 Å². The third-order valence-electron chi connectivity index (χ3n) is 6.23. The average Bonchev–Trinajstić information content (AvgIpc) is 3.16. The first-order valence-corrected chi connectivity index (χ1v) is 11.6. The van der Waals surface area contributed by atoms with Crippen molar-refractivity contribution >= 4 is 23.0 Å². The summed E-state index contributed by atoms with van der Waals surface area (Å²) in [5.74, 6) is 6.42. The number of carbonyl (C=O) groups excluding carboxylic acids is 1. The number of hydrogen-bond acceptors (Lipinski definition) is 7. The van der Waals surface area contributed by atoms with Crippen LogP contribution in [0.4, 0.5) is 11.4 Å². The van der Waals surface area contributed by atoms with Crippen LogP contribution in [0.25, 0.3) is 5.70 Å². The number of aryl methyl sites for hydroxylation is 2. The van der Waals surface area contributed by atoms with E-state index >= 15 is 0 Å². The number of nitrogens with two attached hydrogens (primary N) is 2. The van der Waals surface area contributed by atoms with Gasteiger partial charge in [0.15, 0.2) is 0 Å². The number of ether oxygens (including phenoxy) is 1. The molecule has 3 rings (SSSR count). The lowest BCUT2D eigenvalue weighted by atomic mass is 9.85. The topological polar surface area (TPSA) is 132 Å². The summed E-state index contributed by atoms with van der Waals surface area (Å²) in [7, 11) is 3.35. The second kappa shape index (κ2) is 10.4. The number of amides is 1. The number of carbonyl (C=O) groups is 1. The molecule has 0 radical (unpaired) electrons. The van der Waals surface area contributed by atoms with Gasteiger partial charge in [-0.25, -0.2) is 5.84 Å². The van der Waals surface area contributed by atoms with Crippen LogP contribution in [0.5, 0.6) is 5.75 Å². The molecule has 2 aromatic carbocycles. The molecule has 0 saturated heterocycles. The zero-order valence-corrected chi connectivity index (χ0v) is 22.0. The van der Waals surface area contributed by atoms with E-state index < -0.39 is 0 Å². The largest absolute Gasteiger partial charge is 0.494 e. The number of hydrazine groups is 1.